The second-order valence-electron chi connectivity index (χ2n) is 4.54. The Bertz CT molecular complexity index is 695. The smallest absolute Gasteiger partial charge is 0.238 e. The summed E-state index contributed by atoms with van der Waals surface area (Å²) in [6.07, 6.45) is 1.80. The van der Waals surface area contributed by atoms with E-state index in [0.29, 0.717) is 17.0 Å². The molecule has 22 heavy (non-hydrogen) atoms. The van der Waals surface area contributed by atoms with E-state index in [1.165, 1.54) is 11.8 Å². The lowest BCUT2D eigenvalue weighted by Crippen LogP contribution is -2.21. The van der Waals surface area contributed by atoms with Crippen LogP contribution in [0.4, 0.5) is 18.3 Å². The maximum atomic E-state index is 13.8. The Hall–Kier alpha value is -1.54. The van der Waals surface area contributed by atoms with Gasteiger partial charge in [-0.1, -0.05) is 0 Å². The average Bonchev–Trinajstić information content (AvgIpc) is 2.77. The molecule has 2 rings (SSSR count). The number of thiazole rings is 1. The number of anilines is 1. The van der Waals surface area contributed by atoms with Gasteiger partial charge in [0.1, 0.15) is 17.5 Å². The first-order chi connectivity index (χ1) is 10.3. The maximum absolute atomic E-state index is 13.8. The van der Waals surface area contributed by atoms with Crippen LogP contribution in [0, 0.1) is 24.4 Å². The minimum absolute atomic E-state index is 0.0621. The summed E-state index contributed by atoms with van der Waals surface area (Å²) in [4.78, 5) is 16.4. The number of nitrogens with zero attached hydrogens (tertiary/aromatic N) is 1. The van der Waals surface area contributed by atoms with Crippen molar-refractivity contribution in [2.24, 2.45) is 0 Å². The van der Waals surface area contributed by atoms with Crippen molar-refractivity contribution in [3.63, 3.8) is 0 Å². The van der Waals surface area contributed by atoms with E-state index >= 15 is 0 Å². The van der Waals surface area contributed by atoms with Crippen LogP contribution in [0.5, 0.6) is 0 Å². The van der Waals surface area contributed by atoms with Crippen LogP contribution in [-0.4, -0.2) is 22.4 Å². The zero-order valence-corrected chi connectivity index (χ0v) is 13.7. The van der Waals surface area contributed by atoms with Gasteiger partial charge in [0.2, 0.25) is 5.91 Å². The molecule has 1 aromatic carbocycles. The Morgan fingerprint density at radius 1 is 1.32 bits per heavy atom. The summed E-state index contributed by atoms with van der Waals surface area (Å²) >= 11 is 2.48. The molecule has 0 saturated heterocycles. The first-order valence-electron chi connectivity index (χ1n) is 6.29. The van der Waals surface area contributed by atoms with Crippen molar-refractivity contribution < 1.29 is 18.0 Å². The zero-order valence-electron chi connectivity index (χ0n) is 12.0. The quantitative estimate of drug-likeness (QED) is 0.901. The molecule has 0 spiro atoms. The summed E-state index contributed by atoms with van der Waals surface area (Å²) in [7, 11) is 0. The van der Waals surface area contributed by atoms with E-state index in [1.807, 2.05) is 0 Å². The Balaban J connectivity index is 2.37. The van der Waals surface area contributed by atoms with E-state index in [4.69, 9.17) is 0 Å². The summed E-state index contributed by atoms with van der Waals surface area (Å²) in [5.74, 6) is -3.29. The summed E-state index contributed by atoms with van der Waals surface area (Å²) in [5, 5.41) is 2.58. The predicted octanol–water partition coefficient (Wildman–Crippen LogP) is 4.23. The van der Waals surface area contributed by atoms with Crippen LogP contribution < -0.4 is 5.32 Å². The van der Waals surface area contributed by atoms with E-state index in [0.717, 1.165) is 11.3 Å². The number of rotatable bonds is 4. The van der Waals surface area contributed by atoms with Crippen LogP contribution in [-0.2, 0) is 4.79 Å². The number of hydrogen-bond donors (Lipinski definition) is 1. The number of carbonyl (C=O) groups excluding carboxylic acids is 1. The summed E-state index contributed by atoms with van der Waals surface area (Å²) in [5.41, 5.74) is -0.333. The lowest BCUT2D eigenvalue weighted by Gasteiger charge is -2.06. The molecule has 1 atom stereocenters. The number of hydrogen-bond acceptors (Lipinski definition) is 4. The Labute approximate surface area is 134 Å². The molecule has 1 N–H and O–H groups in total. The molecule has 8 heteroatoms. The van der Waals surface area contributed by atoms with Gasteiger partial charge in [0.05, 0.1) is 16.5 Å². The lowest BCUT2D eigenvalue weighted by molar-refractivity contribution is -0.115. The first kappa shape index (κ1) is 16.8. The average molecular weight is 346 g/mol. The molecule has 0 aliphatic carbocycles. The zero-order chi connectivity index (χ0) is 16.4. The van der Waals surface area contributed by atoms with Gasteiger partial charge >= 0.3 is 0 Å². The van der Waals surface area contributed by atoms with Crippen LogP contribution >= 0.6 is 23.1 Å². The van der Waals surface area contributed by atoms with Gasteiger partial charge < -0.3 is 5.32 Å². The van der Waals surface area contributed by atoms with Crippen molar-refractivity contribution in [2.75, 3.05) is 11.6 Å². The highest BCUT2D eigenvalue weighted by atomic mass is 32.2. The number of benzene rings is 1. The molecular formula is C14H13F3N2OS2. The van der Waals surface area contributed by atoms with Crippen molar-refractivity contribution >= 4 is 34.1 Å². The molecule has 0 fully saturated rings. The maximum Gasteiger partial charge on any atom is 0.238 e. The molecule has 0 aliphatic rings. The fourth-order valence-corrected chi connectivity index (χ4v) is 2.86. The second-order valence-corrected chi connectivity index (χ2v) is 6.92. The Morgan fingerprint density at radius 2 is 1.91 bits per heavy atom. The van der Waals surface area contributed by atoms with Gasteiger partial charge in [0.25, 0.3) is 0 Å². The van der Waals surface area contributed by atoms with Gasteiger partial charge in [-0.15, -0.1) is 11.3 Å². The van der Waals surface area contributed by atoms with Gasteiger partial charge in [-0.2, -0.15) is 11.8 Å². The Kier molecular flexibility index (Phi) is 5.12. The number of halogens is 3. The van der Waals surface area contributed by atoms with Crippen molar-refractivity contribution in [3.8, 4) is 11.3 Å². The van der Waals surface area contributed by atoms with Crippen molar-refractivity contribution in [1.82, 2.24) is 4.98 Å². The number of carbonyl (C=O) groups is 1. The minimum atomic E-state index is -1.03. The molecule has 0 bridgehead atoms. The third-order valence-corrected chi connectivity index (χ3v) is 4.80. The van der Waals surface area contributed by atoms with Gasteiger partial charge in [0, 0.05) is 17.0 Å². The number of thioether (sulfide) groups is 1. The molecule has 0 aliphatic heterocycles. The number of aromatic nitrogens is 1. The third kappa shape index (κ3) is 3.44. The van der Waals surface area contributed by atoms with Crippen LogP contribution in [0.2, 0.25) is 0 Å². The van der Waals surface area contributed by atoms with Gasteiger partial charge in [0.15, 0.2) is 5.13 Å². The van der Waals surface area contributed by atoms with Gasteiger partial charge in [-0.25, -0.2) is 18.2 Å². The molecular weight excluding hydrogens is 333 g/mol. The molecule has 2 aromatic rings. The molecule has 1 amide bonds. The van der Waals surface area contributed by atoms with Gasteiger partial charge in [-0.3, -0.25) is 4.79 Å². The number of nitrogens with one attached hydrogen (secondary N) is 1. The highest BCUT2D eigenvalue weighted by Crippen LogP contribution is 2.34. The normalized spacial score (nSPS) is 12.3. The molecule has 0 saturated carbocycles. The van der Waals surface area contributed by atoms with Crippen LogP contribution in [0.25, 0.3) is 11.3 Å². The largest absolute Gasteiger partial charge is 0.301 e. The fourth-order valence-electron chi connectivity index (χ4n) is 1.76. The number of amides is 1. The lowest BCUT2D eigenvalue weighted by atomic mass is 10.1. The number of aryl methyl sites for hydroxylation is 1. The van der Waals surface area contributed by atoms with E-state index in [1.54, 1.807) is 20.1 Å². The SMILES string of the molecule is CSC(C)C(=O)Nc1nc(-c2c(F)cc(F)cc2F)c(C)s1. The Morgan fingerprint density at radius 3 is 2.45 bits per heavy atom. The molecule has 118 valence electrons. The molecule has 1 heterocycles. The van der Waals surface area contributed by atoms with Crippen LogP contribution in [0.15, 0.2) is 12.1 Å². The molecule has 1 aromatic heterocycles. The summed E-state index contributed by atoms with van der Waals surface area (Å²) < 4.78 is 40.6. The van der Waals surface area contributed by atoms with E-state index in [-0.39, 0.29) is 22.0 Å². The summed E-state index contributed by atoms with van der Waals surface area (Å²) in [6, 6.07) is 1.20. The molecule has 0 radical (unpaired) electrons. The van der Waals surface area contributed by atoms with E-state index in [9.17, 15) is 18.0 Å². The second kappa shape index (κ2) is 6.70. The highest BCUT2D eigenvalue weighted by Gasteiger charge is 2.21. The fraction of sp³-hybridized carbons (Fsp3) is 0.286. The summed E-state index contributed by atoms with van der Waals surface area (Å²) in [6.45, 7) is 3.36. The van der Waals surface area contributed by atoms with Crippen molar-refractivity contribution in [2.45, 2.75) is 19.1 Å². The topological polar surface area (TPSA) is 42.0 Å². The third-order valence-electron chi connectivity index (χ3n) is 2.99. The molecule has 1 unspecified atom stereocenters. The monoisotopic (exact) mass is 346 g/mol. The van der Waals surface area contributed by atoms with E-state index in [2.05, 4.69) is 10.3 Å². The highest BCUT2D eigenvalue weighted by molar-refractivity contribution is 7.99. The predicted molar refractivity (Wildman–Crippen MR) is 83.8 cm³/mol. The van der Waals surface area contributed by atoms with E-state index < -0.39 is 23.0 Å². The van der Waals surface area contributed by atoms with Crippen molar-refractivity contribution in [3.05, 3.63) is 34.5 Å². The minimum Gasteiger partial charge on any atom is -0.301 e. The molecule has 3 nitrogen and oxygen atoms in total. The standard InChI is InChI=1S/C14H13F3N2OS2/c1-6-12(11-9(16)4-8(15)5-10(11)17)18-14(22-6)19-13(20)7(2)21-3/h4-5,7H,1-3H3,(H,18,19,20). The van der Waals surface area contributed by atoms with Crippen LogP contribution in [0.1, 0.15) is 11.8 Å². The van der Waals surface area contributed by atoms with Crippen LogP contribution in [0.3, 0.4) is 0 Å². The van der Waals surface area contributed by atoms with Gasteiger partial charge in [-0.05, 0) is 20.1 Å². The first-order valence-corrected chi connectivity index (χ1v) is 8.40. The van der Waals surface area contributed by atoms with Crippen molar-refractivity contribution in [1.29, 1.82) is 0 Å².